The van der Waals surface area contributed by atoms with Gasteiger partial charge in [0.25, 0.3) is 0 Å². The molecule has 4 rings (SSSR count). The van der Waals surface area contributed by atoms with Crippen molar-refractivity contribution in [1.82, 2.24) is 15.0 Å². The molecule has 0 saturated heterocycles. The van der Waals surface area contributed by atoms with Gasteiger partial charge in [-0.25, -0.2) is 18.4 Å². The van der Waals surface area contributed by atoms with Gasteiger partial charge in [0.1, 0.15) is 17.1 Å². The number of rotatable bonds is 4. The predicted molar refractivity (Wildman–Crippen MR) is 104 cm³/mol. The molecule has 4 aromatic rings. The molecule has 2 aromatic carbocycles. The summed E-state index contributed by atoms with van der Waals surface area (Å²) < 4.78 is 28.5. The van der Waals surface area contributed by atoms with E-state index in [4.69, 9.17) is 4.74 Å². The highest BCUT2D eigenvalue weighted by molar-refractivity contribution is 7.90. The van der Waals surface area contributed by atoms with Gasteiger partial charge in [-0.1, -0.05) is 24.3 Å². The Bertz CT molecular complexity index is 1230. The van der Waals surface area contributed by atoms with E-state index in [1.165, 1.54) is 6.26 Å². The highest BCUT2D eigenvalue weighted by Gasteiger charge is 2.10. The Labute approximate surface area is 156 Å². The van der Waals surface area contributed by atoms with Gasteiger partial charge in [0.05, 0.1) is 12.0 Å². The molecule has 0 aliphatic rings. The number of fused-ring (bicyclic) bond motifs is 1. The average Bonchev–Trinajstić information content (AvgIpc) is 3.11. The first-order chi connectivity index (χ1) is 12.9. The van der Waals surface area contributed by atoms with Gasteiger partial charge in [-0.05, 0) is 35.9 Å². The van der Waals surface area contributed by atoms with Gasteiger partial charge in [-0.2, -0.15) is 0 Å². The third-order valence-corrected chi connectivity index (χ3v) is 5.42. The van der Waals surface area contributed by atoms with Gasteiger partial charge in [0.2, 0.25) is 0 Å². The molecule has 0 unspecified atom stereocenters. The lowest BCUT2D eigenvalue weighted by atomic mass is 10.1. The summed E-state index contributed by atoms with van der Waals surface area (Å²) in [7, 11) is -1.59. The van der Waals surface area contributed by atoms with Crippen LogP contribution in [0.1, 0.15) is 0 Å². The summed E-state index contributed by atoms with van der Waals surface area (Å²) in [4.78, 5) is 12.6. The van der Waals surface area contributed by atoms with Crippen molar-refractivity contribution in [2.24, 2.45) is 0 Å². The number of H-pyrrole nitrogens is 1. The molecule has 136 valence electrons. The Morgan fingerprint density at radius 3 is 2.44 bits per heavy atom. The second kappa shape index (κ2) is 6.51. The topological polar surface area (TPSA) is 84.9 Å². The van der Waals surface area contributed by atoms with Crippen molar-refractivity contribution in [3.05, 3.63) is 60.8 Å². The number of hydrogen-bond acceptors (Lipinski definition) is 5. The van der Waals surface area contributed by atoms with Gasteiger partial charge in [0.15, 0.2) is 15.5 Å². The minimum Gasteiger partial charge on any atom is -0.497 e. The van der Waals surface area contributed by atoms with Gasteiger partial charge in [-0.3, -0.25) is 0 Å². The quantitative estimate of drug-likeness (QED) is 0.584. The van der Waals surface area contributed by atoms with Gasteiger partial charge >= 0.3 is 0 Å². The minimum absolute atomic E-state index is 0.292. The van der Waals surface area contributed by atoms with Gasteiger partial charge in [0, 0.05) is 23.6 Å². The maximum atomic E-state index is 11.6. The predicted octanol–water partition coefficient (Wildman–Crippen LogP) is 3.70. The normalized spacial score (nSPS) is 11.6. The zero-order valence-corrected chi connectivity index (χ0v) is 15.6. The lowest BCUT2D eigenvalue weighted by molar-refractivity contribution is 0.415. The lowest BCUT2D eigenvalue weighted by Gasteiger charge is -2.03. The molecular formula is C20H17N3O3S. The zero-order chi connectivity index (χ0) is 19.0. The van der Waals surface area contributed by atoms with Crippen LogP contribution in [-0.2, 0) is 9.84 Å². The van der Waals surface area contributed by atoms with Crippen LogP contribution < -0.4 is 4.74 Å². The van der Waals surface area contributed by atoms with Crippen LogP contribution in [0.3, 0.4) is 0 Å². The third kappa shape index (κ3) is 3.41. The molecule has 7 heteroatoms. The SMILES string of the molecule is COc1cccc(-c2nc3cc(-c4ccc(S(C)(=O)=O)cc4)cnc3[nH]2)c1. The number of aromatic nitrogens is 3. The van der Waals surface area contributed by atoms with Crippen LogP contribution >= 0.6 is 0 Å². The van der Waals surface area contributed by atoms with Crippen LogP contribution in [-0.4, -0.2) is 36.7 Å². The molecule has 0 amide bonds. The Morgan fingerprint density at radius 1 is 0.963 bits per heavy atom. The Balaban J connectivity index is 1.72. The molecule has 0 atom stereocenters. The zero-order valence-electron chi connectivity index (χ0n) is 14.8. The van der Waals surface area contributed by atoms with Crippen LogP contribution in [0, 0.1) is 0 Å². The van der Waals surface area contributed by atoms with E-state index in [0.29, 0.717) is 16.4 Å². The number of benzene rings is 2. The number of ether oxygens (including phenoxy) is 1. The smallest absolute Gasteiger partial charge is 0.175 e. The number of methoxy groups -OCH3 is 1. The fourth-order valence-electron chi connectivity index (χ4n) is 2.85. The number of sulfone groups is 1. The second-order valence-electron chi connectivity index (χ2n) is 6.21. The van der Waals surface area contributed by atoms with E-state index in [9.17, 15) is 8.42 Å². The van der Waals surface area contributed by atoms with Gasteiger partial charge in [-0.15, -0.1) is 0 Å². The average molecular weight is 379 g/mol. The van der Waals surface area contributed by atoms with Crippen molar-refractivity contribution in [3.8, 4) is 28.3 Å². The fraction of sp³-hybridized carbons (Fsp3) is 0.100. The van der Waals surface area contributed by atoms with Crippen LogP contribution in [0.15, 0.2) is 65.7 Å². The van der Waals surface area contributed by atoms with E-state index < -0.39 is 9.84 Å². The Hall–Kier alpha value is -3.19. The molecule has 2 aromatic heterocycles. The largest absolute Gasteiger partial charge is 0.497 e. The van der Waals surface area contributed by atoms with E-state index in [1.807, 2.05) is 30.3 Å². The van der Waals surface area contributed by atoms with Crippen LogP contribution in [0.25, 0.3) is 33.7 Å². The number of aromatic amines is 1. The van der Waals surface area contributed by atoms with Crippen molar-refractivity contribution in [2.45, 2.75) is 4.90 Å². The molecule has 0 aliphatic heterocycles. The number of imidazole rings is 1. The van der Waals surface area contributed by atoms with Crippen molar-refractivity contribution in [1.29, 1.82) is 0 Å². The van der Waals surface area contributed by atoms with Crippen LogP contribution in [0.5, 0.6) is 5.75 Å². The highest BCUT2D eigenvalue weighted by atomic mass is 32.2. The molecule has 2 heterocycles. The molecule has 0 radical (unpaired) electrons. The van der Waals surface area contributed by atoms with E-state index in [-0.39, 0.29) is 0 Å². The second-order valence-corrected chi connectivity index (χ2v) is 8.22. The van der Waals surface area contributed by atoms with E-state index >= 15 is 0 Å². The number of pyridine rings is 1. The lowest BCUT2D eigenvalue weighted by Crippen LogP contribution is -1.96. The molecule has 0 bridgehead atoms. The van der Waals surface area contributed by atoms with E-state index in [2.05, 4.69) is 15.0 Å². The molecular weight excluding hydrogens is 362 g/mol. The van der Waals surface area contributed by atoms with Crippen molar-refractivity contribution < 1.29 is 13.2 Å². The summed E-state index contributed by atoms with van der Waals surface area (Å²) >= 11 is 0. The summed E-state index contributed by atoms with van der Waals surface area (Å²) in [5, 5.41) is 0. The Morgan fingerprint density at radius 2 is 1.74 bits per heavy atom. The first kappa shape index (κ1) is 17.2. The fourth-order valence-corrected chi connectivity index (χ4v) is 3.49. The molecule has 1 N–H and O–H groups in total. The van der Waals surface area contributed by atoms with E-state index in [0.717, 1.165) is 28.0 Å². The Kier molecular flexibility index (Phi) is 4.16. The van der Waals surface area contributed by atoms with Crippen molar-refractivity contribution in [2.75, 3.05) is 13.4 Å². The number of nitrogens with zero attached hydrogens (tertiary/aromatic N) is 2. The highest BCUT2D eigenvalue weighted by Crippen LogP contribution is 2.26. The summed E-state index contributed by atoms with van der Waals surface area (Å²) in [6.45, 7) is 0. The summed E-state index contributed by atoms with van der Waals surface area (Å²) in [6, 6.07) is 16.3. The molecule has 27 heavy (non-hydrogen) atoms. The molecule has 0 aliphatic carbocycles. The monoisotopic (exact) mass is 379 g/mol. The standard InChI is InChI=1S/C20H17N3O3S/c1-26-16-5-3-4-14(10-16)19-22-18-11-15(12-21-20(18)23-19)13-6-8-17(9-7-13)27(2,24)25/h3-12H,1-2H3,(H,21,22,23). The van der Waals surface area contributed by atoms with Crippen molar-refractivity contribution in [3.63, 3.8) is 0 Å². The molecule has 0 saturated carbocycles. The van der Waals surface area contributed by atoms with Gasteiger partial charge < -0.3 is 9.72 Å². The van der Waals surface area contributed by atoms with E-state index in [1.54, 1.807) is 37.6 Å². The maximum absolute atomic E-state index is 11.6. The number of nitrogens with one attached hydrogen (secondary N) is 1. The summed E-state index contributed by atoms with van der Waals surface area (Å²) in [6.07, 6.45) is 2.94. The van der Waals surface area contributed by atoms with Crippen molar-refractivity contribution >= 4 is 21.0 Å². The number of hydrogen-bond donors (Lipinski definition) is 1. The molecule has 0 fully saturated rings. The minimum atomic E-state index is -3.21. The maximum Gasteiger partial charge on any atom is 0.175 e. The first-order valence-electron chi connectivity index (χ1n) is 8.25. The van der Waals surface area contributed by atoms with Crippen LogP contribution in [0.2, 0.25) is 0 Å². The molecule has 0 spiro atoms. The summed E-state index contributed by atoms with van der Waals surface area (Å²) in [5.41, 5.74) is 4.07. The molecule has 6 nitrogen and oxygen atoms in total. The first-order valence-corrected chi connectivity index (χ1v) is 10.1. The van der Waals surface area contributed by atoms with Crippen LogP contribution in [0.4, 0.5) is 0 Å². The third-order valence-electron chi connectivity index (χ3n) is 4.30. The summed E-state index contributed by atoms with van der Waals surface area (Å²) in [5.74, 6) is 1.47.